The first kappa shape index (κ1) is 15.3. The summed E-state index contributed by atoms with van der Waals surface area (Å²) >= 11 is 1.63. The van der Waals surface area contributed by atoms with Crippen LogP contribution in [-0.4, -0.2) is 30.0 Å². The summed E-state index contributed by atoms with van der Waals surface area (Å²) in [6.07, 6.45) is 0.826. The maximum atomic E-state index is 8.89. The number of hydrogen-bond donors (Lipinski definition) is 2. The number of fused-ring (bicyclic) bond motifs is 1. The van der Waals surface area contributed by atoms with Crippen molar-refractivity contribution in [2.45, 2.75) is 19.9 Å². The molecule has 1 unspecified atom stereocenters. The molecular formula is C16H20N2O3S. The van der Waals surface area contributed by atoms with Crippen molar-refractivity contribution in [2.75, 3.05) is 19.9 Å². The maximum absolute atomic E-state index is 8.89. The fourth-order valence-corrected chi connectivity index (χ4v) is 3.14. The topological polar surface area (TPSA) is 63.6 Å². The van der Waals surface area contributed by atoms with E-state index in [9.17, 15) is 0 Å². The van der Waals surface area contributed by atoms with E-state index in [-0.39, 0.29) is 13.4 Å². The molecule has 118 valence electrons. The van der Waals surface area contributed by atoms with Gasteiger partial charge in [-0.2, -0.15) is 0 Å². The second-order valence-corrected chi connectivity index (χ2v) is 6.32. The van der Waals surface area contributed by atoms with E-state index in [4.69, 9.17) is 14.6 Å². The lowest BCUT2D eigenvalue weighted by atomic mass is 10.1. The molecule has 1 aromatic carbocycles. The minimum absolute atomic E-state index is 0.244. The minimum Gasteiger partial charge on any atom is -0.454 e. The Kier molecular flexibility index (Phi) is 4.92. The lowest BCUT2D eigenvalue weighted by Crippen LogP contribution is -2.21. The summed E-state index contributed by atoms with van der Waals surface area (Å²) in [7, 11) is 0. The fraction of sp³-hybridized carbons (Fsp3) is 0.438. The monoisotopic (exact) mass is 320 g/mol. The highest BCUT2D eigenvalue weighted by Crippen LogP contribution is 2.36. The van der Waals surface area contributed by atoms with Crippen molar-refractivity contribution in [1.29, 1.82) is 0 Å². The summed E-state index contributed by atoms with van der Waals surface area (Å²) in [6.45, 7) is 4.29. The second-order valence-electron chi connectivity index (χ2n) is 5.46. The van der Waals surface area contributed by atoms with Crippen LogP contribution in [0.1, 0.15) is 19.0 Å². The van der Waals surface area contributed by atoms with Gasteiger partial charge in [0.2, 0.25) is 6.79 Å². The van der Waals surface area contributed by atoms with E-state index in [0.29, 0.717) is 5.92 Å². The van der Waals surface area contributed by atoms with Gasteiger partial charge in [0, 0.05) is 24.1 Å². The van der Waals surface area contributed by atoms with Crippen molar-refractivity contribution in [1.82, 2.24) is 10.3 Å². The van der Waals surface area contributed by atoms with Crippen LogP contribution >= 0.6 is 11.3 Å². The van der Waals surface area contributed by atoms with Crippen LogP contribution in [0.3, 0.4) is 0 Å². The first-order valence-corrected chi connectivity index (χ1v) is 8.30. The highest BCUT2D eigenvalue weighted by Gasteiger charge is 2.15. The average Bonchev–Trinajstić information content (AvgIpc) is 3.15. The van der Waals surface area contributed by atoms with Crippen LogP contribution in [0.2, 0.25) is 0 Å². The van der Waals surface area contributed by atoms with Gasteiger partial charge in [-0.25, -0.2) is 4.98 Å². The molecule has 3 rings (SSSR count). The van der Waals surface area contributed by atoms with Gasteiger partial charge < -0.3 is 19.9 Å². The number of benzene rings is 1. The van der Waals surface area contributed by atoms with E-state index < -0.39 is 0 Å². The molecule has 2 N–H and O–H groups in total. The van der Waals surface area contributed by atoms with E-state index in [0.717, 1.165) is 47.3 Å². The first-order valence-electron chi connectivity index (χ1n) is 7.42. The molecule has 2 aromatic rings. The predicted octanol–water partition coefficient (Wildman–Crippen LogP) is 2.65. The Hall–Kier alpha value is -1.63. The van der Waals surface area contributed by atoms with Crippen LogP contribution in [0.15, 0.2) is 23.6 Å². The Labute approximate surface area is 133 Å². The van der Waals surface area contributed by atoms with Crippen molar-refractivity contribution >= 4 is 11.3 Å². The third kappa shape index (κ3) is 3.58. The lowest BCUT2D eigenvalue weighted by Gasteiger charge is -2.09. The highest BCUT2D eigenvalue weighted by molar-refractivity contribution is 7.13. The summed E-state index contributed by atoms with van der Waals surface area (Å²) in [5.41, 5.74) is 2.09. The number of aliphatic hydroxyl groups is 1. The van der Waals surface area contributed by atoms with Crippen LogP contribution in [-0.2, 0) is 6.54 Å². The molecule has 0 spiro atoms. The zero-order valence-corrected chi connectivity index (χ0v) is 13.4. The molecular weight excluding hydrogens is 300 g/mol. The molecule has 0 amide bonds. The predicted molar refractivity (Wildman–Crippen MR) is 86.2 cm³/mol. The van der Waals surface area contributed by atoms with Crippen molar-refractivity contribution in [3.63, 3.8) is 0 Å². The van der Waals surface area contributed by atoms with Gasteiger partial charge >= 0.3 is 0 Å². The maximum Gasteiger partial charge on any atom is 0.231 e. The van der Waals surface area contributed by atoms with Gasteiger partial charge in [-0.15, -0.1) is 11.3 Å². The van der Waals surface area contributed by atoms with Gasteiger partial charge in [0.15, 0.2) is 11.5 Å². The number of aliphatic hydroxyl groups excluding tert-OH is 1. The summed E-state index contributed by atoms with van der Waals surface area (Å²) in [5.74, 6) is 2.04. The first-order chi connectivity index (χ1) is 10.8. The van der Waals surface area contributed by atoms with E-state index in [1.54, 1.807) is 11.3 Å². The van der Waals surface area contributed by atoms with Crippen LogP contribution in [0.4, 0.5) is 0 Å². The highest BCUT2D eigenvalue weighted by atomic mass is 32.1. The quantitative estimate of drug-likeness (QED) is 0.821. The minimum atomic E-state index is 0.244. The van der Waals surface area contributed by atoms with Crippen LogP contribution in [0.5, 0.6) is 11.5 Å². The zero-order valence-electron chi connectivity index (χ0n) is 12.5. The Balaban J connectivity index is 1.59. The Bertz CT molecular complexity index is 630. The molecule has 0 saturated carbocycles. The molecule has 0 saturated heterocycles. The number of nitrogens with zero attached hydrogens (tertiary/aromatic N) is 1. The van der Waals surface area contributed by atoms with Crippen molar-refractivity contribution in [3.8, 4) is 22.1 Å². The smallest absolute Gasteiger partial charge is 0.231 e. The average molecular weight is 320 g/mol. The van der Waals surface area contributed by atoms with Crippen LogP contribution in [0, 0.1) is 5.92 Å². The molecule has 22 heavy (non-hydrogen) atoms. The van der Waals surface area contributed by atoms with Gasteiger partial charge in [0.25, 0.3) is 0 Å². The normalized spacial score (nSPS) is 14.3. The van der Waals surface area contributed by atoms with Crippen molar-refractivity contribution in [2.24, 2.45) is 5.92 Å². The number of ether oxygens (including phenoxy) is 2. The molecule has 1 aliphatic heterocycles. The molecule has 0 aliphatic carbocycles. The van der Waals surface area contributed by atoms with Gasteiger partial charge in [0.05, 0.1) is 5.69 Å². The number of thiazole rings is 1. The van der Waals surface area contributed by atoms with Crippen molar-refractivity contribution in [3.05, 3.63) is 29.3 Å². The molecule has 2 heterocycles. The number of aromatic nitrogens is 1. The van der Waals surface area contributed by atoms with Gasteiger partial charge in [0.1, 0.15) is 5.01 Å². The van der Waals surface area contributed by atoms with Crippen LogP contribution in [0.25, 0.3) is 10.6 Å². The molecule has 0 bridgehead atoms. The molecule has 1 aromatic heterocycles. The summed E-state index contributed by atoms with van der Waals surface area (Å²) < 4.78 is 10.7. The Morgan fingerprint density at radius 2 is 2.23 bits per heavy atom. The van der Waals surface area contributed by atoms with Gasteiger partial charge in [-0.05, 0) is 37.1 Å². The zero-order chi connectivity index (χ0) is 15.4. The SMILES string of the molecule is CC(CCO)CNCc1csc(-c2ccc3c(c2)OCO3)n1. The number of rotatable bonds is 7. The van der Waals surface area contributed by atoms with E-state index in [1.165, 1.54) is 0 Å². The van der Waals surface area contributed by atoms with Crippen molar-refractivity contribution < 1.29 is 14.6 Å². The van der Waals surface area contributed by atoms with Gasteiger partial charge in [-0.1, -0.05) is 6.92 Å². The molecule has 0 fully saturated rings. The second kappa shape index (κ2) is 7.09. The Morgan fingerprint density at radius 3 is 3.09 bits per heavy atom. The summed E-state index contributed by atoms with van der Waals surface area (Å²) in [4.78, 5) is 4.66. The molecule has 0 radical (unpaired) electrons. The molecule has 6 heteroatoms. The third-order valence-corrected chi connectivity index (χ3v) is 4.53. The molecule has 5 nitrogen and oxygen atoms in total. The Morgan fingerprint density at radius 1 is 1.36 bits per heavy atom. The molecule has 1 atom stereocenters. The summed E-state index contributed by atoms with van der Waals surface area (Å²) in [6, 6.07) is 5.90. The molecule has 1 aliphatic rings. The largest absolute Gasteiger partial charge is 0.454 e. The standard InChI is InChI=1S/C16H20N2O3S/c1-11(4-5-19)7-17-8-13-9-22-16(18-13)12-2-3-14-15(6-12)21-10-20-14/h2-3,6,9,11,17,19H,4-5,7-8,10H2,1H3. The lowest BCUT2D eigenvalue weighted by molar-refractivity contribution is 0.174. The summed E-state index contributed by atoms with van der Waals surface area (Å²) in [5, 5.41) is 15.3. The van der Waals surface area contributed by atoms with Gasteiger partial charge in [-0.3, -0.25) is 0 Å². The fourth-order valence-electron chi connectivity index (χ4n) is 2.32. The van der Waals surface area contributed by atoms with E-state index in [2.05, 4.69) is 22.6 Å². The van der Waals surface area contributed by atoms with E-state index >= 15 is 0 Å². The third-order valence-electron chi connectivity index (χ3n) is 3.59. The number of nitrogens with one attached hydrogen (secondary N) is 1. The van der Waals surface area contributed by atoms with Crippen LogP contribution < -0.4 is 14.8 Å². The van der Waals surface area contributed by atoms with E-state index in [1.807, 2.05) is 18.2 Å². The number of hydrogen-bond acceptors (Lipinski definition) is 6.